The SMILES string of the molecule is CC(C)(C)CNc1nc2c(cc1C(=O)O)CCC2. The van der Waals surface area contributed by atoms with Crippen LogP contribution in [0.15, 0.2) is 6.07 Å². The zero-order valence-corrected chi connectivity index (χ0v) is 11.2. The van der Waals surface area contributed by atoms with E-state index < -0.39 is 5.97 Å². The van der Waals surface area contributed by atoms with Crippen molar-refractivity contribution in [1.29, 1.82) is 0 Å². The molecule has 0 saturated heterocycles. The zero-order chi connectivity index (χ0) is 13.3. The van der Waals surface area contributed by atoms with Crippen molar-refractivity contribution in [1.82, 2.24) is 4.98 Å². The highest BCUT2D eigenvalue weighted by molar-refractivity contribution is 5.93. The number of carbonyl (C=O) groups is 1. The van der Waals surface area contributed by atoms with E-state index in [4.69, 9.17) is 0 Å². The van der Waals surface area contributed by atoms with Crippen LogP contribution in [-0.4, -0.2) is 22.6 Å². The maximum absolute atomic E-state index is 11.3. The van der Waals surface area contributed by atoms with Gasteiger partial charge in [0.15, 0.2) is 0 Å². The van der Waals surface area contributed by atoms with E-state index in [1.54, 1.807) is 6.07 Å². The summed E-state index contributed by atoms with van der Waals surface area (Å²) in [7, 11) is 0. The van der Waals surface area contributed by atoms with E-state index in [0.717, 1.165) is 30.5 Å². The third kappa shape index (κ3) is 2.81. The van der Waals surface area contributed by atoms with Gasteiger partial charge in [0.2, 0.25) is 0 Å². The highest BCUT2D eigenvalue weighted by atomic mass is 16.4. The Balaban J connectivity index is 2.30. The molecule has 1 aliphatic rings. The summed E-state index contributed by atoms with van der Waals surface area (Å²) in [4.78, 5) is 15.8. The molecule has 4 heteroatoms. The van der Waals surface area contributed by atoms with Crippen molar-refractivity contribution < 1.29 is 9.90 Å². The Morgan fingerprint density at radius 2 is 2.17 bits per heavy atom. The lowest BCUT2D eigenvalue weighted by atomic mass is 9.97. The molecule has 0 fully saturated rings. The molecule has 0 aliphatic heterocycles. The molecule has 98 valence electrons. The smallest absolute Gasteiger partial charge is 0.339 e. The van der Waals surface area contributed by atoms with E-state index in [2.05, 4.69) is 31.1 Å². The first kappa shape index (κ1) is 12.9. The molecule has 18 heavy (non-hydrogen) atoms. The lowest BCUT2D eigenvalue weighted by Crippen LogP contribution is -2.21. The Hall–Kier alpha value is -1.58. The van der Waals surface area contributed by atoms with Crippen LogP contribution in [0.4, 0.5) is 5.82 Å². The van der Waals surface area contributed by atoms with Gasteiger partial charge >= 0.3 is 5.97 Å². The number of nitrogens with zero attached hydrogens (tertiary/aromatic N) is 1. The van der Waals surface area contributed by atoms with E-state index in [-0.39, 0.29) is 5.41 Å². The monoisotopic (exact) mass is 248 g/mol. The molecule has 0 saturated carbocycles. The molecule has 0 aromatic carbocycles. The van der Waals surface area contributed by atoms with E-state index in [1.807, 2.05) is 0 Å². The number of hydrogen-bond donors (Lipinski definition) is 2. The van der Waals surface area contributed by atoms with Gasteiger partial charge in [0, 0.05) is 12.2 Å². The number of aromatic nitrogens is 1. The van der Waals surface area contributed by atoms with Crippen molar-refractivity contribution >= 4 is 11.8 Å². The predicted octanol–water partition coefficient (Wildman–Crippen LogP) is 2.73. The minimum absolute atomic E-state index is 0.0937. The number of pyridine rings is 1. The maximum atomic E-state index is 11.3. The summed E-state index contributed by atoms with van der Waals surface area (Å²) in [5.74, 6) is -0.397. The molecular weight excluding hydrogens is 228 g/mol. The van der Waals surface area contributed by atoms with Crippen molar-refractivity contribution in [2.24, 2.45) is 5.41 Å². The van der Waals surface area contributed by atoms with Crippen LogP contribution >= 0.6 is 0 Å². The second-order valence-corrected chi connectivity index (χ2v) is 6.06. The summed E-state index contributed by atoms with van der Waals surface area (Å²) in [6, 6.07) is 1.78. The van der Waals surface area contributed by atoms with E-state index in [9.17, 15) is 9.90 Å². The fourth-order valence-corrected chi connectivity index (χ4v) is 2.12. The Bertz CT molecular complexity index is 475. The molecule has 0 atom stereocenters. The first-order valence-corrected chi connectivity index (χ1v) is 6.37. The van der Waals surface area contributed by atoms with Crippen LogP contribution in [0.1, 0.15) is 48.8 Å². The molecule has 0 amide bonds. The van der Waals surface area contributed by atoms with Crippen LogP contribution in [0.25, 0.3) is 0 Å². The molecule has 1 aromatic rings. The number of nitrogens with one attached hydrogen (secondary N) is 1. The molecule has 2 N–H and O–H groups in total. The summed E-state index contributed by atoms with van der Waals surface area (Å²) in [6.45, 7) is 7.02. The van der Waals surface area contributed by atoms with Crippen LogP contribution < -0.4 is 5.32 Å². The van der Waals surface area contributed by atoms with Crippen LogP contribution in [0, 0.1) is 5.41 Å². The van der Waals surface area contributed by atoms with Crippen LogP contribution in [0.2, 0.25) is 0 Å². The van der Waals surface area contributed by atoms with Crippen molar-refractivity contribution in [3.05, 3.63) is 22.9 Å². The molecule has 0 radical (unpaired) electrons. The summed E-state index contributed by atoms with van der Waals surface area (Å²) < 4.78 is 0. The Morgan fingerprint density at radius 3 is 2.78 bits per heavy atom. The fourth-order valence-electron chi connectivity index (χ4n) is 2.12. The normalized spacial score (nSPS) is 14.4. The molecule has 0 unspecified atom stereocenters. The zero-order valence-electron chi connectivity index (χ0n) is 11.2. The largest absolute Gasteiger partial charge is 0.478 e. The Morgan fingerprint density at radius 1 is 1.44 bits per heavy atom. The number of aryl methyl sites for hydroxylation is 2. The summed E-state index contributed by atoms with van der Waals surface area (Å²) in [6.07, 6.45) is 2.98. The minimum atomic E-state index is -0.909. The van der Waals surface area contributed by atoms with Crippen LogP contribution in [-0.2, 0) is 12.8 Å². The lowest BCUT2D eigenvalue weighted by Gasteiger charge is -2.20. The number of fused-ring (bicyclic) bond motifs is 1. The molecule has 4 nitrogen and oxygen atoms in total. The quantitative estimate of drug-likeness (QED) is 0.863. The summed E-state index contributed by atoms with van der Waals surface area (Å²) in [5, 5.41) is 12.4. The van der Waals surface area contributed by atoms with Crippen LogP contribution in [0.5, 0.6) is 0 Å². The number of rotatable bonds is 3. The Kier molecular flexibility index (Phi) is 3.28. The average molecular weight is 248 g/mol. The van der Waals surface area contributed by atoms with Crippen molar-refractivity contribution in [3.8, 4) is 0 Å². The van der Waals surface area contributed by atoms with Gasteiger partial charge in [0.25, 0.3) is 0 Å². The Labute approximate surface area is 107 Å². The molecule has 2 rings (SSSR count). The van der Waals surface area contributed by atoms with E-state index >= 15 is 0 Å². The first-order valence-electron chi connectivity index (χ1n) is 6.37. The first-order chi connectivity index (χ1) is 8.37. The van der Waals surface area contributed by atoms with E-state index in [1.165, 1.54) is 0 Å². The number of carboxylic acids is 1. The van der Waals surface area contributed by atoms with Crippen molar-refractivity contribution in [3.63, 3.8) is 0 Å². The summed E-state index contributed by atoms with van der Waals surface area (Å²) in [5.41, 5.74) is 2.53. The van der Waals surface area contributed by atoms with E-state index in [0.29, 0.717) is 17.9 Å². The maximum Gasteiger partial charge on any atom is 0.339 e. The third-order valence-corrected chi connectivity index (χ3v) is 3.07. The van der Waals surface area contributed by atoms with Gasteiger partial charge < -0.3 is 10.4 Å². The van der Waals surface area contributed by atoms with Gasteiger partial charge in [-0.1, -0.05) is 20.8 Å². The number of hydrogen-bond acceptors (Lipinski definition) is 3. The number of anilines is 1. The van der Waals surface area contributed by atoms with Gasteiger partial charge in [0.1, 0.15) is 11.4 Å². The standard InChI is InChI=1S/C14H20N2O2/c1-14(2,3)8-15-12-10(13(17)18)7-9-5-4-6-11(9)16-12/h7H,4-6,8H2,1-3H3,(H,15,16)(H,17,18). The molecule has 0 bridgehead atoms. The predicted molar refractivity (Wildman–Crippen MR) is 71.2 cm³/mol. The van der Waals surface area contributed by atoms with Gasteiger partial charge in [-0.15, -0.1) is 0 Å². The summed E-state index contributed by atoms with van der Waals surface area (Å²) >= 11 is 0. The molecule has 1 aliphatic carbocycles. The van der Waals surface area contributed by atoms with Gasteiger partial charge in [-0.05, 0) is 36.3 Å². The van der Waals surface area contributed by atoms with Gasteiger partial charge in [-0.3, -0.25) is 0 Å². The van der Waals surface area contributed by atoms with Crippen molar-refractivity contribution in [2.45, 2.75) is 40.0 Å². The second-order valence-electron chi connectivity index (χ2n) is 6.06. The second kappa shape index (κ2) is 4.59. The molecule has 0 spiro atoms. The van der Waals surface area contributed by atoms with Gasteiger partial charge in [-0.2, -0.15) is 0 Å². The molecule has 1 heterocycles. The highest BCUT2D eigenvalue weighted by Gasteiger charge is 2.20. The number of aromatic carboxylic acids is 1. The lowest BCUT2D eigenvalue weighted by molar-refractivity contribution is 0.0697. The third-order valence-electron chi connectivity index (χ3n) is 3.07. The number of carboxylic acid groups (broad SMARTS) is 1. The molecule has 1 aromatic heterocycles. The molecular formula is C14H20N2O2. The van der Waals surface area contributed by atoms with Gasteiger partial charge in [-0.25, -0.2) is 9.78 Å². The van der Waals surface area contributed by atoms with Gasteiger partial charge in [0.05, 0.1) is 0 Å². The van der Waals surface area contributed by atoms with Crippen molar-refractivity contribution in [2.75, 3.05) is 11.9 Å². The fraction of sp³-hybridized carbons (Fsp3) is 0.571. The topological polar surface area (TPSA) is 62.2 Å². The average Bonchev–Trinajstić information content (AvgIpc) is 2.70. The van der Waals surface area contributed by atoms with Crippen LogP contribution in [0.3, 0.4) is 0 Å². The highest BCUT2D eigenvalue weighted by Crippen LogP contribution is 2.26. The minimum Gasteiger partial charge on any atom is -0.478 e.